The minimum Gasteiger partial charge on any atom is -0.363 e. The van der Waals surface area contributed by atoms with Crippen molar-refractivity contribution in [1.29, 1.82) is 0 Å². The fourth-order valence-corrected chi connectivity index (χ4v) is 6.94. The molecule has 9 rings (SSSR count). The lowest BCUT2D eigenvalue weighted by Crippen LogP contribution is -2.20. The first-order chi connectivity index (χ1) is 20.8. The predicted octanol–water partition coefficient (Wildman–Crippen LogP) is 8.23. The fourth-order valence-electron chi connectivity index (χ4n) is 6.94. The minimum atomic E-state index is 0.267. The summed E-state index contributed by atoms with van der Waals surface area (Å²) in [6, 6.07) is 32.7. The molecule has 1 atom stereocenters. The molecule has 42 heavy (non-hydrogen) atoms. The molecule has 6 nitrogen and oxygen atoms in total. The van der Waals surface area contributed by atoms with Gasteiger partial charge in [0.2, 0.25) is 5.95 Å². The first kappa shape index (κ1) is 23.4. The Balaban J connectivity index is 1.38. The molecule has 0 amide bonds. The molecule has 3 aromatic heterocycles. The van der Waals surface area contributed by atoms with Gasteiger partial charge in [0, 0.05) is 34.1 Å². The van der Waals surface area contributed by atoms with Crippen LogP contribution in [0.4, 0.5) is 11.6 Å². The van der Waals surface area contributed by atoms with E-state index in [2.05, 4.69) is 135 Å². The van der Waals surface area contributed by atoms with Gasteiger partial charge in [-0.3, -0.25) is 9.13 Å². The Morgan fingerprint density at radius 1 is 0.762 bits per heavy atom. The van der Waals surface area contributed by atoms with Crippen molar-refractivity contribution in [3.63, 3.8) is 0 Å². The Morgan fingerprint density at radius 3 is 2.38 bits per heavy atom. The van der Waals surface area contributed by atoms with Crippen LogP contribution in [-0.4, -0.2) is 30.9 Å². The first-order valence-electron chi connectivity index (χ1n) is 14.5. The second kappa shape index (κ2) is 8.82. The van der Waals surface area contributed by atoms with E-state index < -0.39 is 0 Å². The molecule has 4 heterocycles. The van der Waals surface area contributed by atoms with E-state index in [1.54, 1.807) is 0 Å². The molecule has 0 spiro atoms. The predicted molar refractivity (Wildman–Crippen MR) is 174 cm³/mol. The third-order valence-corrected chi connectivity index (χ3v) is 8.82. The van der Waals surface area contributed by atoms with E-state index in [1.807, 2.05) is 6.07 Å². The molecule has 4 aromatic carbocycles. The van der Waals surface area contributed by atoms with Gasteiger partial charge < -0.3 is 9.88 Å². The number of aliphatic imine (C=N–C) groups is 1. The zero-order valence-electron chi connectivity index (χ0n) is 23.2. The monoisotopic (exact) mass is 544 g/mol. The maximum atomic E-state index is 5.20. The van der Waals surface area contributed by atoms with Crippen LogP contribution in [0.25, 0.3) is 49.6 Å². The zero-order chi connectivity index (χ0) is 27.8. The lowest BCUT2D eigenvalue weighted by atomic mass is 10.1. The highest BCUT2D eigenvalue weighted by Crippen LogP contribution is 2.43. The topological polar surface area (TPSA) is 52.1 Å². The van der Waals surface area contributed by atoms with Gasteiger partial charge in [0.1, 0.15) is 0 Å². The summed E-state index contributed by atoms with van der Waals surface area (Å²) in [5.41, 5.74) is 6.90. The van der Waals surface area contributed by atoms with E-state index in [4.69, 9.17) is 9.98 Å². The van der Waals surface area contributed by atoms with E-state index in [-0.39, 0.29) is 6.04 Å². The number of anilines is 1. The third kappa shape index (κ3) is 3.20. The summed E-state index contributed by atoms with van der Waals surface area (Å²) in [4.78, 5) is 10.2. The molecule has 2 aliphatic rings. The maximum Gasteiger partial charge on any atom is 0.218 e. The van der Waals surface area contributed by atoms with Crippen LogP contribution in [0.1, 0.15) is 18.0 Å². The summed E-state index contributed by atoms with van der Waals surface area (Å²) in [5.74, 6) is 2.50. The van der Waals surface area contributed by atoms with Crippen LogP contribution in [0, 0.1) is 0 Å². The van der Waals surface area contributed by atoms with Crippen LogP contribution in [-0.2, 0) is 7.05 Å². The highest BCUT2D eigenvalue weighted by atomic mass is 15.3. The van der Waals surface area contributed by atoms with Crippen molar-refractivity contribution in [3.05, 3.63) is 121 Å². The number of rotatable bonds is 3. The van der Waals surface area contributed by atoms with Gasteiger partial charge in [0.25, 0.3) is 0 Å². The van der Waals surface area contributed by atoms with Gasteiger partial charge in [-0.1, -0.05) is 97.1 Å². The number of nitrogens with zero attached hydrogens (tertiary/aromatic N) is 5. The highest BCUT2D eigenvalue weighted by Gasteiger charge is 2.26. The standard InChI is InChI=1S/C36H28N6/c1-40-35-34(38-28(22-37-35)23-12-4-2-5-13-23)39-36(40)42-29-18-10-8-16-25(29)26-20-21-31-32(33(26)42)27-17-9-11-19-30(27)41(31)24-14-6-3-7-15-24/h2-14,16-21,24,37H,15,22H2,1H3. The Morgan fingerprint density at radius 2 is 1.55 bits per heavy atom. The van der Waals surface area contributed by atoms with Crippen LogP contribution < -0.4 is 5.32 Å². The average molecular weight is 545 g/mol. The lowest BCUT2D eigenvalue weighted by Gasteiger charge is -2.18. The third-order valence-electron chi connectivity index (χ3n) is 8.82. The Hall–Kier alpha value is -5.36. The molecule has 6 heteroatoms. The smallest absolute Gasteiger partial charge is 0.218 e. The van der Waals surface area contributed by atoms with Crippen molar-refractivity contribution >= 4 is 61.0 Å². The quantitative estimate of drug-likeness (QED) is 0.244. The molecule has 1 aliphatic heterocycles. The summed E-state index contributed by atoms with van der Waals surface area (Å²) in [5, 5.41) is 8.56. The largest absolute Gasteiger partial charge is 0.363 e. The molecule has 1 unspecified atom stereocenters. The number of hydrogen-bond donors (Lipinski definition) is 1. The van der Waals surface area contributed by atoms with E-state index in [9.17, 15) is 0 Å². The van der Waals surface area contributed by atoms with Gasteiger partial charge in [-0.05, 0) is 30.2 Å². The summed E-state index contributed by atoms with van der Waals surface area (Å²) in [7, 11) is 2.08. The van der Waals surface area contributed by atoms with Crippen molar-refractivity contribution in [3.8, 4) is 5.95 Å². The lowest BCUT2D eigenvalue weighted by molar-refractivity contribution is 0.648. The maximum absolute atomic E-state index is 5.20. The van der Waals surface area contributed by atoms with Crippen molar-refractivity contribution in [1.82, 2.24) is 18.7 Å². The van der Waals surface area contributed by atoms with E-state index in [0.29, 0.717) is 6.54 Å². The van der Waals surface area contributed by atoms with Gasteiger partial charge in [-0.15, -0.1) is 0 Å². The molecule has 0 fully saturated rings. The second-order valence-electron chi connectivity index (χ2n) is 11.1. The zero-order valence-corrected chi connectivity index (χ0v) is 23.2. The molecule has 0 saturated carbocycles. The highest BCUT2D eigenvalue weighted by molar-refractivity contribution is 6.25. The molecule has 1 N–H and O–H groups in total. The molecule has 7 aromatic rings. The number of allylic oxidation sites excluding steroid dienone is 4. The van der Waals surface area contributed by atoms with Crippen LogP contribution >= 0.6 is 0 Å². The van der Waals surface area contributed by atoms with Gasteiger partial charge in [0.15, 0.2) is 11.6 Å². The van der Waals surface area contributed by atoms with Crippen LogP contribution in [0.5, 0.6) is 0 Å². The van der Waals surface area contributed by atoms with E-state index >= 15 is 0 Å². The number of nitrogens with one attached hydrogen (secondary N) is 1. The molecule has 0 radical (unpaired) electrons. The Bertz CT molecular complexity index is 2290. The normalized spacial score (nSPS) is 16.4. The number of fused-ring (bicyclic) bond motifs is 8. The fraction of sp³-hybridized carbons (Fsp3) is 0.111. The van der Waals surface area contributed by atoms with Gasteiger partial charge in [0.05, 0.1) is 34.8 Å². The van der Waals surface area contributed by atoms with Crippen molar-refractivity contribution in [2.45, 2.75) is 12.5 Å². The van der Waals surface area contributed by atoms with Gasteiger partial charge in [-0.2, -0.15) is 4.98 Å². The SMILES string of the molecule is Cn1c(-n2c3ccccc3c3ccc4c(c5ccccc5n4C4C=CC=CC4)c32)nc2c1NCC(c1ccccc1)=N2. The number of benzene rings is 4. The molecule has 202 valence electrons. The summed E-state index contributed by atoms with van der Waals surface area (Å²) >= 11 is 0. The molecule has 0 bridgehead atoms. The molecule has 0 saturated heterocycles. The summed E-state index contributed by atoms with van der Waals surface area (Å²) in [6.45, 7) is 0.657. The minimum absolute atomic E-state index is 0.267. The molecule has 1 aliphatic carbocycles. The number of imidazole rings is 1. The average Bonchev–Trinajstić information content (AvgIpc) is 3.68. The second-order valence-corrected chi connectivity index (χ2v) is 11.1. The summed E-state index contributed by atoms with van der Waals surface area (Å²) < 4.78 is 7.00. The number of aromatic nitrogens is 4. The van der Waals surface area contributed by atoms with Crippen LogP contribution in [0.15, 0.2) is 120 Å². The van der Waals surface area contributed by atoms with E-state index in [0.717, 1.165) is 40.8 Å². The van der Waals surface area contributed by atoms with Crippen molar-refractivity contribution < 1.29 is 0 Å². The van der Waals surface area contributed by atoms with Crippen molar-refractivity contribution in [2.75, 3.05) is 11.9 Å². The Kier molecular flexibility index (Phi) is 4.90. The van der Waals surface area contributed by atoms with Crippen LogP contribution in [0.2, 0.25) is 0 Å². The molecular weight excluding hydrogens is 516 g/mol. The first-order valence-corrected chi connectivity index (χ1v) is 14.5. The number of para-hydroxylation sites is 2. The Labute approximate surface area is 242 Å². The van der Waals surface area contributed by atoms with Crippen LogP contribution in [0.3, 0.4) is 0 Å². The van der Waals surface area contributed by atoms with Gasteiger partial charge >= 0.3 is 0 Å². The summed E-state index contributed by atoms with van der Waals surface area (Å²) in [6.07, 6.45) is 9.86. The number of hydrogen-bond acceptors (Lipinski definition) is 3. The molecular formula is C36H28N6. The van der Waals surface area contributed by atoms with E-state index in [1.165, 1.54) is 38.1 Å². The van der Waals surface area contributed by atoms with Crippen molar-refractivity contribution in [2.24, 2.45) is 12.0 Å². The van der Waals surface area contributed by atoms with Gasteiger partial charge in [-0.25, -0.2) is 4.99 Å².